The Morgan fingerprint density at radius 2 is 0.574 bits per heavy atom. The van der Waals surface area contributed by atoms with Crippen molar-refractivity contribution < 1.29 is 22.7 Å². The lowest BCUT2D eigenvalue weighted by Crippen LogP contribution is -2.53. The Bertz CT molecular complexity index is 9960. The van der Waals surface area contributed by atoms with Gasteiger partial charge in [-0.15, -0.1) is 0 Å². The van der Waals surface area contributed by atoms with E-state index in [2.05, 4.69) is 424 Å². The van der Waals surface area contributed by atoms with E-state index in [1.807, 2.05) is 108 Å². The zero-order chi connectivity index (χ0) is 98.0. The Kier molecular flexibility index (Phi) is 21.2. The van der Waals surface area contributed by atoms with Crippen LogP contribution in [0.25, 0.3) is 186 Å². The monoisotopic (exact) mass is 1890 g/mol. The van der Waals surface area contributed by atoms with Crippen LogP contribution in [0.3, 0.4) is 0 Å². The molecule has 0 saturated heterocycles. The molecular formula is C139H89B2FN2O4. The highest BCUT2D eigenvalue weighted by Gasteiger charge is 2.35. The van der Waals surface area contributed by atoms with Crippen molar-refractivity contribution in [3.05, 3.63) is 533 Å². The number of para-hydroxylation sites is 7. The average Bonchev–Trinajstić information content (AvgIpc) is 0.816. The lowest BCUT2D eigenvalue weighted by atomic mass is 9.35. The minimum Gasteiger partial charge on any atom is -0.457 e. The summed E-state index contributed by atoms with van der Waals surface area (Å²) in [6.07, 6.45) is 0. The summed E-state index contributed by atoms with van der Waals surface area (Å²) in [6, 6.07) is 184. The smallest absolute Gasteiger partial charge is 0.247 e. The van der Waals surface area contributed by atoms with E-state index in [1.165, 1.54) is 92.6 Å². The molecule has 692 valence electrons. The molecule has 25 aromatic carbocycles. The van der Waals surface area contributed by atoms with E-state index in [0.717, 1.165) is 184 Å². The highest BCUT2D eigenvalue weighted by Crippen LogP contribution is 2.55. The molecule has 0 amide bonds. The van der Waals surface area contributed by atoms with Gasteiger partial charge in [-0.25, -0.2) is 4.39 Å². The van der Waals surface area contributed by atoms with Crippen LogP contribution in [0.15, 0.2) is 531 Å². The summed E-state index contributed by atoms with van der Waals surface area (Å²) in [4.78, 5) is 4.38. The highest BCUT2D eigenvalue weighted by molar-refractivity contribution is 6.99. The number of aryl methyl sites for hydroxylation is 1. The minimum atomic E-state index is -0.310. The zero-order valence-electron chi connectivity index (χ0n) is 80.7. The number of benzene rings is 25. The maximum absolute atomic E-state index is 17.2. The van der Waals surface area contributed by atoms with E-state index >= 15 is 4.39 Å². The van der Waals surface area contributed by atoms with Crippen molar-refractivity contribution in [3.8, 4) is 101 Å². The van der Waals surface area contributed by atoms with E-state index in [0.29, 0.717) is 5.69 Å². The molecular weight excluding hydrogens is 1800 g/mol. The first-order valence-electron chi connectivity index (χ1n) is 50.6. The summed E-state index contributed by atoms with van der Waals surface area (Å²) in [5.41, 5.74) is 32.1. The van der Waals surface area contributed by atoms with Crippen LogP contribution in [0.5, 0.6) is 23.0 Å². The van der Waals surface area contributed by atoms with Crippen LogP contribution in [-0.4, -0.2) is 13.4 Å². The van der Waals surface area contributed by atoms with Crippen LogP contribution in [0.2, 0.25) is 0 Å². The fourth-order valence-corrected chi connectivity index (χ4v) is 23.6. The van der Waals surface area contributed by atoms with Gasteiger partial charge >= 0.3 is 0 Å². The molecule has 0 radical (unpaired) electrons. The first-order chi connectivity index (χ1) is 73.2. The van der Waals surface area contributed by atoms with Gasteiger partial charge in [0.05, 0.1) is 11.4 Å². The van der Waals surface area contributed by atoms with Gasteiger partial charge in [0.25, 0.3) is 0 Å². The molecule has 0 unspecified atom stereocenters. The van der Waals surface area contributed by atoms with Crippen LogP contribution in [0.1, 0.15) is 5.56 Å². The molecule has 27 aromatic rings. The number of hydrogen-bond donors (Lipinski definition) is 0. The van der Waals surface area contributed by atoms with Gasteiger partial charge in [0.2, 0.25) is 13.4 Å². The summed E-state index contributed by atoms with van der Waals surface area (Å²) in [5, 5.41) is 18.7. The Morgan fingerprint density at radius 1 is 0.203 bits per heavy atom. The number of fused-ring (bicyclic) bond motifs is 18. The van der Waals surface area contributed by atoms with Crippen LogP contribution in [-0.2, 0) is 0 Å². The van der Waals surface area contributed by atoms with Crippen molar-refractivity contribution in [3.63, 3.8) is 0 Å². The number of nitrogens with zero attached hydrogens (tertiary/aromatic N) is 2. The number of halogens is 1. The molecule has 2 aliphatic rings. The fraction of sp³-hybridized carbons (Fsp3) is 0.00719. The van der Waals surface area contributed by atoms with Crippen LogP contribution in [0.4, 0.5) is 38.5 Å². The van der Waals surface area contributed by atoms with Gasteiger partial charge in [-0.3, -0.25) is 0 Å². The summed E-state index contributed by atoms with van der Waals surface area (Å²) in [6.45, 7) is 2.00. The van der Waals surface area contributed by atoms with Crippen molar-refractivity contribution >= 4 is 189 Å². The van der Waals surface area contributed by atoms with Gasteiger partial charge < -0.3 is 28.1 Å². The van der Waals surface area contributed by atoms with Crippen molar-refractivity contribution in [2.24, 2.45) is 0 Å². The molecule has 0 saturated carbocycles. The maximum atomic E-state index is 17.2. The lowest BCUT2D eigenvalue weighted by molar-refractivity contribution is 0.487. The second-order valence-electron chi connectivity index (χ2n) is 38.7. The summed E-state index contributed by atoms with van der Waals surface area (Å²) < 4.78 is 44.6. The molecule has 2 aliphatic heterocycles. The van der Waals surface area contributed by atoms with Gasteiger partial charge in [0, 0.05) is 77.3 Å². The second kappa shape index (κ2) is 36.1. The highest BCUT2D eigenvalue weighted by atomic mass is 19.1. The van der Waals surface area contributed by atoms with Gasteiger partial charge in [-0.2, -0.15) is 0 Å². The zero-order valence-corrected chi connectivity index (χ0v) is 80.7. The normalized spacial score (nSPS) is 11.8. The Morgan fingerprint density at radius 3 is 1.10 bits per heavy atom. The average molecular weight is 1890 g/mol. The number of furan rings is 2. The van der Waals surface area contributed by atoms with Crippen molar-refractivity contribution in [1.29, 1.82) is 0 Å². The summed E-state index contributed by atoms with van der Waals surface area (Å²) in [5.74, 6) is 3.04. The van der Waals surface area contributed by atoms with Crippen molar-refractivity contribution in [2.75, 3.05) is 9.80 Å². The number of anilines is 6. The lowest BCUT2D eigenvalue weighted by Gasteiger charge is -2.29. The molecule has 4 heterocycles. The minimum absolute atomic E-state index is 0.0958. The molecule has 0 bridgehead atoms. The predicted octanol–water partition coefficient (Wildman–Crippen LogP) is 34.4. The molecule has 0 spiro atoms. The van der Waals surface area contributed by atoms with E-state index in [9.17, 15) is 0 Å². The molecule has 0 fully saturated rings. The van der Waals surface area contributed by atoms with Gasteiger partial charge in [-0.05, 0) is 255 Å². The molecule has 6 nitrogen and oxygen atoms in total. The van der Waals surface area contributed by atoms with Gasteiger partial charge in [0.15, 0.2) is 0 Å². The van der Waals surface area contributed by atoms with Crippen LogP contribution >= 0.6 is 0 Å². The Hall–Kier alpha value is -19.1. The summed E-state index contributed by atoms with van der Waals surface area (Å²) in [7, 11) is 0. The van der Waals surface area contributed by atoms with Crippen LogP contribution < -0.4 is 52.1 Å². The molecule has 0 aliphatic carbocycles. The van der Waals surface area contributed by atoms with Gasteiger partial charge in [-0.1, -0.05) is 422 Å². The number of hydrogen-bond acceptors (Lipinski definition) is 6. The molecule has 0 atom stereocenters. The third-order valence-corrected chi connectivity index (χ3v) is 30.4. The topological polar surface area (TPSA) is 51.2 Å². The molecule has 148 heavy (non-hydrogen) atoms. The second-order valence-corrected chi connectivity index (χ2v) is 38.7. The van der Waals surface area contributed by atoms with E-state index in [4.69, 9.17) is 18.3 Å². The molecule has 2 aromatic heterocycles. The third kappa shape index (κ3) is 14.8. The molecule has 0 N–H and O–H groups in total. The SMILES string of the molecule is Cc1ccccc1B(c1cc2c3cccc4c3c(cc2c2ccccc12)-c1ccc(-c2ccc(N(c3ccccc3)c3c(F)cc(-c5ccccc5)cc3-c3ccccc3)cc2)cc1O4)c1cccc2c1oc1ccccc12.c1ccc(B(c2cc3c4cccc5c4c(cc3c3ccccc23)-c2ccc(-c3ccc(N(c4ccccc4)c4ccccc4-c4ccccc4)cc3)cc2O5)c2cccc3c2oc2ccccc23)cc1. The first kappa shape index (κ1) is 86.8. The first-order valence-corrected chi connectivity index (χ1v) is 50.6. The molecule has 29 rings (SSSR count). The van der Waals surface area contributed by atoms with E-state index < -0.39 is 0 Å². The Balaban J connectivity index is 0.000000144. The fourth-order valence-electron chi connectivity index (χ4n) is 23.6. The third-order valence-electron chi connectivity index (χ3n) is 30.4. The number of ether oxygens (including phenoxy) is 2. The van der Waals surface area contributed by atoms with Gasteiger partial charge in [0.1, 0.15) is 51.1 Å². The largest absolute Gasteiger partial charge is 0.457 e. The quantitative estimate of drug-likeness (QED) is 0.0669. The van der Waals surface area contributed by atoms with E-state index in [1.54, 1.807) is 6.07 Å². The summed E-state index contributed by atoms with van der Waals surface area (Å²) >= 11 is 0. The van der Waals surface area contributed by atoms with Crippen LogP contribution in [0, 0.1) is 12.7 Å². The standard InChI is InChI=1S/C73H47BFNO2.C66H42BNO2/c1-46-19-11-15-31-64(46)74(65-32-17-30-59-56-28-14-16-33-68(56)78-73(59)65)66-45-62-58-29-18-34-69-71(58)63(44-61(62)54-26-12-13-27-55(54)66)57-40-37-50(43-70(57)77-69)48-35-38-53(39-36-48)76(52-24-9-4-10-25-52)72-60(49-22-7-3-8-23-49)41-51(42-67(72)75)47-20-5-2-6-21-47;1-4-18-44(19-5-1)49-24-12-14-31-61(49)68(47-22-8-3-9-23-47)48-37-34-43(35-38-48)45-36-39-53-58-41-56-50-25-10-11-26-51(50)60(42-57(56)54-28-17-33-63(65(54)58)69-64(53)40-45)67(46-20-6-2-7-21-46)59-30-16-29-55-52-27-13-15-32-62(52)70-66(55)59/h2-45H,1H3;1-42H. The molecule has 9 heteroatoms. The maximum Gasteiger partial charge on any atom is 0.247 e. The van der Waals surface area contributed by atoms with Crippen molar-refractivity contribution in [1.82, 2.24) is 0 Å². The Labute approximate surface area is 856 Å². The van der Waals surface area contributed by atoms with E-state index in [-0.39, 0.29) is 19.2 Å². The predicted molar refractivity (Wildman–Crippen MR) is 620 cm³/mol. The number of rotatable bonds is 17. The van der Waals surface area contributed by atoms with Crippen molar-refractivity contribution in [2.45, 2.75) is 6.92 Å².